The van der Waals surface area contributed by atoms with Crippen molar-refractivity contribution in [3.8, 4) is 22.9 Å². The Morgan fingerprint density at radius 1 is 1.18 bits per heavy atom. The second-order valence-corrected chi connectivity index (χ2v) is 6.52. The Balaban J connectivity index is 1.53. The van der Waals surface area contributed by atoms with Crippen molar-refractivity contribution in [2.75, 3.05) is 25.2 Å². The van der Waals surface area contributed by atoms with E-state index in [2.05, 4.69) is 10.1 Å². The Hall–Kier alpha value is -3.35. The predicted molar refractivity (Wildman–Crippen MR) is 104 cm³/mol. The number of anilines is 1. The van der Waals surface area contributed by atoms with Crippen LogP contribution >= 0.6 is 0 Å². The molecule has 0 saturated carbocycles. The highest BCUT2D eigenvalue weighted by atomic mass is 16.5. The van der Waals surface area contributed by atoms with E-state index < -0.39 is 0 Å². The molecule has 1 saturated heterocycles. The molecular weight excluding hydrogens is 358 g/mol. The van der Waals surface area contributed by atoms with Crippen LogP contribution in [-0.2, 0) is 4.79 Å². The van der Waals surface area contributed by atoms with E-state index in [4.69, 9.17) is 14.0 Å². The van der Waals surface area contributed by atoms with Crippen LogP contribution in [0.4, 0.5) is 5.69 Å². The van der Waals surface area contributed by atoms with Gasteiger partial charge in [-0.05, 0) is 31.2 Å². The van der Waals surface area contributed by atoms with Crippen LogP contribution in [0.25, 0.3) is 11.4 Å². The molecule has 1 atom stereocenters. The quantitative estimate of drug-likeness (QED) is 0.650. The average molecular weight is 379 g/mol. The zero-order valence-corrected chi connectivity index (χ0v) is 15.8. The molecule has 4 rings (SSSR count). The summed E-state index contributed by atoms with van der Waals surface area (Å²) in [6, 6.07) is 15.0. The van der Waals surface area contributed by atoms with Gasteiger partial charge in [-0.15, -0.1) is 0 Å². The number of carbonyl (C=O) groups excluding carboxylic acids is 1. The van der Waals surface area contributed by atoms with Crippen LogP contribution in [0.1, 0.15) is 25.2 Å². The zero-order chi connectivity index (χ0) is 19.5. The Morgan fingerprint density at radius 3 is 2.82 bits per heavy atom. The molecule has 28 heavy (non-hydrogen) atoms. The number of hydrogen-bond donors (Lipinski definition) is 0. The highest BCUT2D eigenvalue weighted by molar-refractivity contribution is 5.96. The number of carbonyl (C=O) groups is 1. The lowest BCUT2D eigenvalue weighted by Crippen LogP contribution is -2.24. The highest BCUT2D eigenvalue weighted by Gasteiger charge is 2.35. The normalized spacial score (nSPS) is 16.4. The first-order valence-electron chi connectivity index (χ1n) is 9.19. The van der Waals surface area contributed by atoms with E-state index in [9.17, 15) is 4.79 Å². The summed E-state index contributed by atoms with van der Waals surface area (Å²) in [4.78, 5) is 18.8. The summed E-state index contributed by atoms with van der Waals surface area (Å²) in [5, 5.41) is 4.09. The van der Waals surface area contributed by atoms with Crippen LogP contribution in [0.5, 0.6) is 11.5 Å². The van der Waals surface area contributed by atoms with Crippen LogP contribution in [0, 0.1) is 0 Å². The SMILES string of the molecule is CCOc1cccc(-c2noc(C3CC(=O)N(c4cccc(OC)c4)C3)n2)c1. The Morgan fingerprint density at radius 2 is 2.00 bits per heavy atom. The van der Waals surface area contributed by atoms with Gasteiger partial charge in [-0.2, -0.15) is 4.98 Å². The first kappa shape index (κ1) is 18.0. The van der Waals surface area contributed by atoms with Gasteiger partial charge in [0, 0.05) is 30.3 Å². The number of amides is 1. The first-order chi connectivity index (χ1) is 13.7. The third kappa shape index (κ3) is 3.55. The van der Waals surface area contributed by atoms with Gasteiger partial charge in [0.2, 0.25) is 17.6 Å². The lowest BCUT2D eigenvalue weighted by Gasteiger charge is -2.16. The van der Waals surface area contributed by atoms with Gasteiger partial charge in [-0.1, -0.05) is 23.4 Å². The molecule has 0 spiro atoms. The van der Waals surface area contributed by atoms with Gasteiger partial charge < -0.3 is 18.9 Å². The van der Waals surface area contributed by atoms with Crippen molar-refractivity contribution in [3.05, 3.63) is 54.4 Å². The van der Waals surface area contributed by atoms with Gasteiger partial charge in [0.1, 0.15) is 11.5 Å². The van der Waals surface area contributed by atoms with Crippen molar-refractivity contribution in [1.29, 1.82) is 0 Å². The fourth-order valence-corrected chi connectivity index (χ4v) is 3.31. The number of aromatic nitrogens is 2. The Labute approximate surface area is 162 Å². The molecule has 1 aromatic heterocycles. The second-order valence-electron chi connectivity index (χ2n) is 6.52. The molecule has 1 aliphatic heterocycles. The zero-order valence-electron chi connectivity index (χ0n) is 15.8. The molecule has 1 amide bonds. The monoisotopic (exact) mass is 379 g/mol. The first-order valence-corrected chi connectivity index (χ1v) is 9.19. The lowest BCUT2D eigenvalue weighted by molar-refractivity contribution is -0.117. The number of rotatable bonds is 6. The summed E-state index contributed by atoms with van der Waals surface area (Å²) in [5.74, 6) is 2.31. The van der Waals surface area contributed by atoms with Crippen molar-refractivity contribution >= 4 is 11.6 Å². The smallest absolute Gasteiger partial charge is 0.232 e. The summed E-state index contributed by atoms with van der Waals surface area (Å²) >= 11 is 0. The van der Waals surface area contributed by atoms with E-state index in [0.717, 1.165) is 17.0 Å². The van der Waals surface area contributed by atoms with Crippen molar-refractivity contribution < 1.29 is 18.8 Å². The Bertz CT molecular complexity index is 985. The van der Waals surface area contributed by atoms with Crippen LogP contribution in [0.2, 0.25) is 0 Å². The van der Waals surface area contributed by atoms with Crippen LogP contribution in [0.3, 0.4) is 0 Å². The fourth-order valence-electron chi connectivity index (χ4n) is 3.31. The third-order valence-electron chi connectivity index (χ3n) is 4.68. The second kappa shape index (κ2) is 7.72. The van der Waals surface area contributed by atoms with Crippen molar-refractivity contribution in [2.45, 2.75) is 19.3 Å². The van der Waals surface area contributed by atoms with E-state index in [1.54, 1.807) is 12.0 Å². The number of hydrogen-bond acceptors (Lipinski definition) is 6. The van der Waals surface area contributed by atoms with Crippen molar-refractivity contribution in [3.63, 3.8) is 0 Å². The van der Waals surface area contributed by atoms with Gasteiger partial charge in [0.15, 0.2) is 0 Å². The molecule has 144 valence electrons. The molecular formula is C21H21N3O4. The molecule has 0 aliphatic carbocycles. The Kier molecular flexibility index (Phi) is 4.97. The minimum Gasteiger partial charge on any atom is -0.497 e. The van der Waals surface area contributed by atoms with Crippen molar-refractivity contribution in [2.24, 2.45) is 0 Å². The molecule has 2 heterocycles. The summed E-state index contributed by atoms with van der Waals surface area (Å²) in [6.45, 7) is 3.02. The van der Waals surface area contributed by atoms with E-state index in [1.807, 2.05) is 55.5 Å². The van der Waals surface area contributed by atoms with E-state index >= 15 is 0 Å². The number of benzene rings is 2. The van der Waals surface area contributed by atoms with E-state index in [0.29, 0.717) is 37.0 Å². The molecule has 7 heteroatoms. The molecule has 0 bridgehead atoms. The number of ether oxygens (including phenoxy) is 2. The molecule has 7 nitrogen and oxygen atoms in total. The summed E-state index contributed by atoms with van der Waals surface area (Å²) in [7, 11) is 1.61. The molecule has 0 radical (unpaired) electrons. The van der Waals surface area contributed by atoms with Gasteiger partial charge in [-0.3, -0.25) is 4.79 Å². The molecule has 1 unspecified atom stereocenters. The summed E-state index contributed by atoms with van der Waals surface area (Å²) in [6.07, 6.45) is 0.331. The van der Waals surface area contributed by atoms with Crippen LogP contribution in [0.15, 0.2) is 53.1 Å². The molecule has 0 N–H and O–H groups in total. The van der Waals surface area contributed by atoms with Crippen molar-refractivity contribution in [1.82, 2.24) is 10.1 Å². The van der Waals surface area contributed by atoms with Gasteiger partial charge in [-0.25, -0.2) is 0 Å². The third-order valence-corrected chi connectivity index (χ3v) is 4.68. The minimum atomic E-state index is -0.143. The van der Waals surface area contributed by atoms with Gasteiger partial charge in [0.05, 0.1) is 19.6 Å². The minimum absolute atomic E-state index is 0.0244. The van der Waals surface area contributed by atoms with Crippen LogP contribution < -0.4 is 14.4 Å². The number of nitrogens with zero attached hydrogens (tertiary/aromatic N) is 3. The van der Waals surface area contributed by atoms with E-state index in [-0.39, 0.29) is 11.8 Å². The predicted octanol–water partition coefficient (Wildman–Crippen LogP) is 3.66. The fraction of sp³-hybridized carbons (Fsp3) is 0.286. The maximum Gasteiger partial charge on any atom is 0.232 e. The summed E-state index contributed by atoms with van der Waals surface area (Å²) < 4.78 is 16.2. The molecule has 2 aromatic carbocycles. The van der Waals surface area contributed by atoms with Gasteiger partial charge in [0.25, 0.3) is 0 Å². The average Bonchev–Trinajstić information content (AvgIpc) is 3.35. The standard InChI is InChI=1S/C21H21N3O4/c1-3-27-18-9-4-6-14(10-18)20-22-21(28-23-20)15-11-19(25)24(13-15)16-7-5-8-17(12-16)26-2/h4-10,12,15H,3,11,13H2,1-2H3. The van der Waals surface area contributed by atoms with Gasteiger partial charge >= 0.3 is 0 Å². The maximum atomic E-state index is 12.5. The molecule has 1 aliphatic rings. The largest absolute Gasteiger partial charge is 0.497 e. The molecule has 1 fully saturated rings. The lowest BCUT2D eigenvalue weighted by atomic mass is 10.1. The maximum absolute atomic E-state index is 12.5. The summed E-state index contributed by atoms with van der Waals surface area (Å²) in [5.41, 5.74) is 1.62. The van der Waals surface area contributed by atoms with Crippen LogP contribution in [-0.4, -0.2) is 36.3 Å². The topological polar surface area (TPSA) is 77.7 Å². The number of methoxy groups -OCH3 is 1. The van der Waals surface area contributed by atoms with E-state index in [1.165, 1.54) is 0 Å². The highest BCUT2D eigenvalue weighted by Crippen LogP contribution is 2.33. The molecule has 3 aromatic rings.